The van der Waals surface area contributed by atoms with Gasteiger partial charge in [0.05, 0.1) is 17.1 Å². The lowest BCUT2D eigenvalue weighted by Gasteiger charge is -2.25. The van der Waals surface area contributed by atoms with E-state index in [0.29, 0.717) is 23.8 Å². The molecule has 0 spiro atoms. The van der Waals surface area contributed by atoms with Gasteiger partial charge in [0.15, 0.2) is 5.13 Å². The highest BCUT2D eigenvalue weighted by molar-refractivity contribution is 7.89. The van der Waals surface area contributed by atoms with Crippen molar-refractivity contribution in [3.05, 3.63) is 70.5 Å². The highest BCUT2D eigenvalue weighted by Crippen LogP contribution is 2.31. The molecule has 4 rings (SSSR count). The van der Waals surface area contributed by atoms with Gasteiger partial charge in [0.1, 0.15) is 5.82 Å². The fraction of sp³-hybridized carbons (Fsp3) is 0.200. The molecule has 0 fully saturated rings. The molecular weight excluding hydrogens is 427 g/mol. The Kier molecular flexibility index (Phi) is 5.54. The third-order valence-corrected chi connectivity index (χ3v) is 7.53. The second kappa shape index (κ2) is 8.13. The lowest BCUT2D eigenvalue weighted by molar-refractivity contribution is 0.262. The number of hydrogen-bond acceptors (Lipinski definition) is 5. The van der Waals surface area contributed by atoms with Crippen LogP contribution in [0.15, 0.2) is 53.4 Å². The van der Waals surface area contributed by atoms with Crippen LogP contribution in [-0.2, 0) is 23.0 Å². The van der Waals surface area contributed by atoms with Crippen LogP contribution in [0.1, 0.15) is 16.1 Å². The molecule has 1 aromatic heterocycles. The van der Waals surface area contributed by atoms with E-state index in [1.54, 1.807) is 24.3 Å². The molecule has 156 valence electrons. The molecular formula is C20H19FN4O3S2. The number of aryl methyl sites for hydroxylation is 1. The van der Waals surface area contributed by atoms with E-state index in [9.17, 15) is 17.6 Å². The maximum Gasteiger partial charge on any atom is 0.325 e. The maximum atomic E-state index is 13.0. The summed E-state index contributed by atoms with van der Waals surface area (Å²) in [5, 5.41) is 5.63. The van der Waals surface area contributed by atoms with Crippen molar-refractivity contribution in [1.82, 2.24) is 9.29 Å². The zero-order chi connectivity index (χ0) is 21.3. The molecule has 2 amide bonds. The van der Waals surface area contributed by atoms with E-state index in [-0.39, 0.29) is 11.4 Å². The molecule has 30 heavy (non-hydrogen) atoms. The predicted octanol–water partition coefficient (Wildman–Crippen LogP) is 3.98. The number of halogens is 1. The number of benzene rings is 2. The van der Waals surface area contributed by atoms with Crippen molar-refractivity contribution in [2.75, 3.05) is 17.2 Å². The SMILES string of the molecule is Cc1ccc(S(=O)(=O)N2CCc3nc(NC(=O)Nc4ccc(F)cc4)sc3C2)cc1. The van der Waals surface area contributed by atoms with Crippen LogP contribution in [0.2, 0.25) is 0 Å². The van der Waals surface area contributed by atoms with Crippen molar-refractivity contribution in [2.45, 2.75) is 24.8 Å². The van der Waals surface area contributed by atoms with E-state index in [2.05, 4.69) is 15.6 Å². The average Bonchev–Trinajstić information content (AvgIpc) is 3.11. The minimum Gasteiger partial charge on any atom is -0.308 e. The normalized spacial score (nSPS) is 14.2. The van der Waals surface area contributed by atoms with E-state index >= 15 is 0 Å². The molecule has 0 aliphatic carbocycles. The molecule has 3 aromatic rings. The maximum absolute atomic E-state index is 13.0. The molecule has 0 radical (unpaired) electrons. The summed E-state index contributed by atoms with van der Waals surface area (Å²) in [6, 6.07) is 11.7. The molecule has 0 unspecified atom stereocenters. The van der Waals surface area contributed by atoms with E-state index in [1.165, 1.54) is 39.9 Å². The van der Waals surface area contributed by atoms with E-state index in [1.807, 2.05) is 6.92 Å². The first-order valence-electron chi connectivity index (χ1n) is 9.20. The number of anilines is 2. The highest BCUT2D eigenvalue weighted by Gasteiger charge is 2.30. The first-order valence-corrected chi connectivity index (χ1v) is 11.5. The van der Waals surface area contributed by atoms with Gasteiger partial charge in [0.25, 0.3) is 0 Å². The van der Waals surface area contributed by atoms with Crippen molar-refractivity contribution in [1.29, 1.82) is 0 Å². The summed E-state index contributed by atoms with van der Waals surface area (Å²) in [7, 11) is -3.60. The van der Waals surface area contributed by atoms with Gasteiger partial charge >= 0.3 is 6.03 Å². The third-order valence-electron chi connectivity index (χ3n) is 4.68. The Balaban J connectivity index is 1.44. The van der Waals surface area contributed by atoms with Gasteiger partial charge in [-0.25, -0.2) is 22.6 Å². The second-order valence-electron chi connectivity index (χ2n) is 6.88. The van der Waals surface area contributed by atoms with Crippen molar-refractivity contribution in [2.24, 2.45) is 0 Å². The van der Waals surface area contributed by atoms with Gasteiger partial charge in [-0.1, -0.05) is 29.0 Å². The monoisotopic (exact) mass is 446 g/mol. The van der Waals surface area contributed by atoms with Gasteiger partial charge in [-0.05, 0) is 43.3 Å². The van der Waals surface area contributed by atoms with Crippen LogP contribution in [-0.4, -0.2) is 30.3 Å². The predicted molar refractivity (Wildman–Crippen MR) is 114 cm³/mol. The number of carbonyl (C=O) groups excluding carboxylic acids is 1. The molecule has 1 aliphatic heterocycles. The van der Waals surface area contributed by atoms with Crippen LogP contribution in [0.25, 0.3) is 0 Å². The summed E-state index contributed by atoms with van der Waals surface area (Å²) < 4.78 is 40.2. The lowest BCUT2D eigenvalue weighted by atomic mass is 10.2. The van der Waals surface area contributed by atoms with Crippen LogP contribution < -0.4 is 10.6 Å². The fourth-order valence-electron chi connectivity index (χ4n) is 3.08. The molecule has 0 saturated heterocycles. The first-order chi connectivity index (χ1) is 14.3. The molecule has 0 atom stereocenters. The zero-order valence-electron chi connectivity index (χ0n) is 16.1. The largest absolute Gasteiger partial charge is 0.325 e. The number of amides is 2. The quantitative estimate of drug-likeness (QED) is 0.634. The van der Waals surface area contributed by atoms with Gasteiger partial charge in [0, 0.05) is 23.5 Å². The summed E-state index contributed by atoms with van der Waals surface area (Å²) in [5.74, 6) is -0.390. The number of rotatable bonds is 4. The number of nitrogens with zero attached hydrogens (tertiary/aromatic N) is 2. The smallest absolute Gasteiger partial charge is 0.308 e. The number of aromatic nitrogens is 1. The number of thiazole rings is 1. The summed E-state index contributed by atoms with van der Waals surface area (Å²) in [6.45, 7) is 2.44. The Hall–Kier alpha value is -2.82. The molecule has 1 aliphatic rings. The molecule has 2 aromatic carbocycles. The van der Waals surface area contributed by atoms with Crippen molar-refractivity contribution < 1.29 is 17.6 Å². The summed E-state index contributed by atoms with van der Waals surface area (Å²) >= 11 is 1.25. The molecule has 2 heterocycles. The summed E-state index contributed by atoms with van der Waals surface area (Å²) in [6.07, 6.45) is 0.470. The van der Waals surface area contributed by atoms with Gasteiger partial charge in [-0.15, -0.1) is 0 Å². The topological polar surface area (TPSA) is 91.4 Å². The Morgan fingerprint density at radius 3 is 2.50 bits per heavy atom. The molecule has 7 nitrogen and oxygen atoms in total. The standard InChI is InChI=1S/C20H19FN4O3S2/c1-13-2-8-16(9-3-13)30(27,28)25-11-10-17-18(12-25)29-20(23-17)24-19(26)22-15-6-4-14(21)5-7-15/h2-9H,10-12H2,1H3,(H2,22,23,24,26). The highest BCUT2D eigenvalue weighted by atomic mass is 32.2. The third kappa shape index (κ3) is 4.35. The Labute approximate surface area is 177 Å². The number of hydrogen-bond donors (Lipinski definition) is 2. The Bertz CT molecular complexity index is 1180. The van der Waals surface area contributed by atoms with Crippen molar-refractivity contribution in [3.8, 4) is 0 Å². The van der Waals surface area contributed by atoms with Crippen LogP contribution in [0.5, 0.6) is 0 Å². The summed E-state index contributed by atoms with van der Waals surface area (Å²) in [5.41, 5.74) is 2.23. The van der Waals surface area contributed by atoms with Gasteiger partial charge in [0.2, 0.25) is 10.0 Å². The molecule has 10 heteroatoms. The number of sulfonamides is 1. The zero-order valence-corrected chi connectivity index (χ0v) is 17.7. The van der Waals surface area contributed by atoms with E-state index < -0.39 is 21.9 Å². The molecule has 2 N–H and O–H groups in total. The first kappa shape index (κ1) is 20.5. The molecule has 0 saturated carbocycles. The molecule has 0 bridgehead atoms. The van der Waals surface area contributed by atoms with Crippen LogP contribution >= 0.6 is 11.3 Å². The minimum atomic E-state index is -3.60. The van der Waals surface area contributed by atoms with Crippen LogP contribution in [0, 0.1) is 12.7 Å². The van der Waals surface area contributed by atoms with Crippen LogP contribution in [0.3, 0.4) is 0 Å². The minimum absolute atomic E-state index is 0.213. The van der Waals surface area contributed by atoms with E-state index in [0.717, 1.165) is 16.1 Å². The summed E-state index contributed by atoms with van der Waals surface area (Å²) in [4.78, 5) is 17.6. The van der Waals surface area contributed by atoms with Crippen molar-refractivity contribution in [3.63, 3.8) is 0 Å². The number of carbonyl (C=O) groups is 1. The fourth-order valence-corrected chi connectivity index (χ4v) is 5.59. The van der Waals surface area contributed by atoms with Gasteiger partial charge in [-0.2, -0.15) is 4.31 Å². The second-order valence-corrected chi connectivity index (χ2v) is 9.90. The Morgan fingerprint density at radius 2 is 1.80 bits per heavy atom. The Morgan fingerprint density at radius 1 is 1.10 bits per heavy atom. The lowest BCUT2D eigenvalue weighted by Crippen LogP contribution is -2.35. The number of urea groups is 1. The number of fused-ring (bicyclic) bond motifs is 1. The number of nitrogens with one attached hydrogen (secondary N) is 2. The van der Waals surface area contributed by atoms with E-state index in [4.69, 9.17) is 0 Å². The van der Waals surface area contributed by atoms with Gasteiger partial charge < -0.3 is 5.32 Å². The van der Waals surface area contributed by atoms with Crippen molar-refractivity contribution >= 4 is 38.2 Å². The van der Waals surface area contributed by atoms with Gasteiger partial charge in [-0.3, -0.25) is 5.32 Å². The van der Waals surface area contributed by atoms with Crippen LogP contribution in [0.4, 0.5) is 20.0 Å². The average molecular weight is 447 g/mol.